The van der Waals surface area contributed by atoms with Gasteiger partial charge in [0.25, 0.3) is 0 Å². The van der Waals surface area contributed by atoms with Crippen LogP contribution in [0.4, 0.5) is 14.5 Å². The van der Waals surface area contributed by atoms with Crippen molar-refractivity contribution in [1.82, 2.24) is 15.5 Å². The zero-order chi connectivity index (χ0) is 20.5. The van der Waals surface area contributed by atoms with E-state index in [9.17, 15) is 13.6 Å². The predicted molar refractivity (Wildman–Crippen MR) is 122 cm³/mol. The summed E-state index contributed by atoms with van der Waals surface area (Å²) in [5.41, 5.74) is 0.648. The lowest BCUT2D eigenvalue weighted by Crippen LogP contribution is -2.45. The Labute approximate surface area is 187 Å². The van der Waals surface area contributed by atoms with Crippen LogP contribution in [0.15, 0.2) is 29.3 Å². The van der Waals surface area contributed by atoms with Gasteiger partial charge in [-0.15, -0.1) is 24.0 Å². The summed E-state index contributed by atoms with van der Waals surface area (Å²) in [6.07, 6.45) is 1.74. The third-order valence-corrected chi connectivity index (χ3v) is 4.36. The average Bonchev–Trinajstić information content (AvgIpc) is 3.11. The van der Waals surface area contributed by atoms with Crippen LogP contribution in [0.2, 0.25) is 0 Å². The van der Waals surface area contributed by atoms with Crippen molar-refractivity contribution in [2.75, 3.05) is 45.2 Å². The van der Waals surface area contributed by atoms with Gasteiger partial charge >= 0.3 is 6.61 Å². The summed E-state index contributed by atoms with van der Waals surface area (Å²) >= 11 is 0. The molecule has 1 heterocycles. The molecule has 1 amide bonds. The monoisotopic (exact) mass is 525 g/mol. The molecule has 1 saturated heterocycles. The van der Waals surface area contributed by atoms with E-state index in [0.717, 1.165) is 19.4 Å². The van der Waals surface area contributed by atoms with Crippen LogP contribution in [0, 0.1) is 0 Å². The van der Waals surface area contributed by atoms with E-state index in [1.807, 2.05) is 11.8 Å². The van der Waals surface area contributed by atoms with Gasteiger partial charge in [0.2, 0.25) is 5.91 Å². The molecule has 1 fully saturated rings. The van der Waals surface area contributed by atoms with E-state index in [2.05, 4.69) is 20.4 Å². The summed E-state index contributed by atoms with van der Waals surface area (Å²) < 4.78 is 29.9. The maximum absolute atomic E-state index is 12.7. The molecule has 7 nitrogen and oxygen atoms in total. The predicted octanol–water partition coefficient (Wildman–Crippen LogP) is 2.52. The highest BCUT2D eigenvalue weighted by molar-refractivity contribution is 14.0. The number of benzene rings is 1. The number of hydrogen-bond acceptors (Lipinski definition) is 4. The van der Waals surface area contributed by atoms with Gasteiger partial charge in [0.15, 0.2) is 5.96 Å². The molecule has 0 bridgehead atoms. The number of aliphatic imine (C=N–C) groups is 1. The lowest BCUT2D eigenvalue weighted by atomic mass is 10.2. The first-order chi connectivity index (χ1) is 13.4. The number of halogens is 3. The Morgan fingerprint density at radius 3 is 2.76 bits per heavy atom. The first-order valence-corrected chi connectivity index (χ1v) is 9.44. The standard InChI is InChI=1S/C19H29F2N5O2.HI/c1-4-10-22-19(23-12-17(27)25(2)3)24-14-9-11-26(13-14)15-7-5-6-8-16(15)28-18(20)21;/h5-8,14,18H,4,9-13H2,1-3H3,(H2,22,23,24);1H. The van der Waals surface area contributed by atoms with Gasteiger partial charge in [-0.3, -0.25) is 4.79 Å². The second-order valence-electron chi connectivity index (χ2n) is 6.80. The molecule has 1 unspecified atom stereocenters. The van der Waals surface area contributed by atoms with Crippen LogP contribution in [-0.4, -0.2) is 69.7 Å². The van der Waals surface area contributed by atoms with Crippen molar-refractivity contribution in [3.63, 3.8) is 0 Å². The van der Waals surface area contributed by atoms with Gasteiger partial charge < -0.3 is 25.2 Å². The number of nitrogens with one attached hydrogen (secondary N) is 2. The van der Waals surface area contributed by atoms with Crippen molar-refractivity contribution in [2.24, 2.45) is 4.99 Å². The number of hydrogen-bond donors (Lipinski definition) is 2. The molecule has 10 heteroatoms. The smallest absolute Gasteiger partial charge is 0.387 e. The molecule has 164 valence electrons. The summed E-state index contributed by atoms with van der Waals surface area (Å²) in [5.74, 6) is 0.678. The minimum Gasteiger partial charge on any atom is -0.433 e. The highest BCUT2D eigenvalue weighted by atomic mass is 127. The molecule has 1 atom stereocenters. The summed E-state index contributed by atoms with van der Waals surface area (Å²) in [5, 5.41) is 6.55. The number of amides is 1. The van der Waals surface area contributed by atoms with Gasteiger partial charge in [-0.1, -0.05) is 19.1 Å². The Bertz CT molecular complexity index is 676. The molecular formula is C19H30F2IN5O2. The molecule has 0 saturated carbocycles. The minimum atomic E-state index is -2.86. The normalized spacial score (nSPS) is 16.4. The molecule has 1 aliphatic rings. The number of rotatable bonds is 8. The molecule has 1 aromatic rings. The number of likely N-dealkylation sites (N-methyl/N-ethyl adjacent to an activating group) is 1. The Kier molecular flexibility index (Phi) is 11.0. The summed E-state index contributed by atoms with van der Waals surface area (Å²) in [7, 11) is 3.39. The van der Waals surface area contributed by atoms with Crippen LogP contribution in [0.5, 0.6) is 5.75 Å². The van der Waals surface area contributed by atoms with Gasteiger partial charge in [0, 0.05) is 39.8 Å². The van der Waals surface area contributed by atoms with E-state index in [0.29, 0.717) is 24.7 Å². The first-order valence-electron chi connectivity index (χ1n) is 9.44. The maximum atomic E-state index is 12.7. The van der Waals surface area contributed by atoms with Crippen LogP contribution in [0.3, 0.4) is 0 Å². The van der Waals surface area contributed by atoms with E-state index in [-0.39, 0.29) is 48.2 Å². The highest BCUT2D eigenvalue weighted by Crippen LogP contribution is 2.31. The maximum Gasteiger partial charge on any atom is 0.387 e. The summed E-state index contributed by atoms with van der Waals surface area (Å²) in [4.78, 5) is 19.7. The highest BCUT2D eigenvalue weighted by Gasteiger charge is 2.26. The third kappa shape index (κ3) is 8.19. The van der Waals surface area contributed by atoms with Crippen molar-refractivity contribution in [1.29, 1.82) is 0 Å². The van der Waals surface area contributed by atoms with Gasteiger partial charge in [-0.2, -0.15) is 8.78 Å². The number of carbonyl (C=O) groups excluding carboxylic acids is 1. The number of ether oxygens (including phenoxy) is 1. The molecule has 29 heavy (non-hydrogen) atoms. The van der Waals surface area contributed by atoms with Crippen LogP contribution in [0.1, 0.15) is 19.8 Å². The molecule has 1 aromatic carbocycles. The second kappa shape index (κ2) is 12.7. The lowest BCUT2D eigenvalue weighted by molar-refractivity contribution is -0.127. The molecule has 2 rings (SSSR count). The van der Waals surface area contributed by atoms with Gasteiger partial charge in [-0.05, 0) is 25.0 Å². The topological polar surface area (TPSA) is 69.2 Å². The van der Waals surface area contributed by atoms with Gasteiger partial charge in [0.1, 0.15) is 12.3 Å². The van der Waals surface area contributed by atoms with Crippen molar-refractivity contribution in [2.45, 2.75) is 32.4 Å². The van der Waals surface area contributed by atoms with E-state index in [1.165, 1.54) is 4.90 Å². The zero-order valence-corrected chi connectivity index (χ0v) is 19.4. The Hall–Kier alpha value is -1.85. The SMILES string of the molecule is CCCNC(=NCC(=O)N(C)C)NC1CCN(c2ccccc2OC(F)F)C1.I. The molecule has 2 N–H and O–H groups in total. The first kappa shape index (κ1) is 25.2. The molecule has 1 aliphatic heterocycles. The largest absolute Gasteiger partial charge is 0.433 e. The second-order valence-corrected chi connectivity index (χ2v) is 6.80. The van der Waals surface area contributed by atoms with E-state index < -0.39 is 6.61 Å². The number of guanidine groups is 1. The van der Waals surface area contributed by atoms with Gasteiger partial charge in [0.05, 0.1) is 5.69 Å². The molecular weight excluding hydrogens is 495 g/mol. The van der Waals surface area contributed by atoms with Crippen LogP contribution in [0.25, 0.3) is 0 Å². The third-order valence-electron chi connectivity index (χ3n) is 4.36. The van der Waals surface area contributed by atoms with E-state index >= 15 is 0 Å². The van der Waals surface area contributed by atoms with Crippen LogP contribution < -0.4 is 20.3 Å². The number of anilines is 1. The summed E-state index contributed by atoms with van der Waals surface area (Å²) in [6.45, 7) is 1.32. The summed E-state index contributed by atoms with van der Waals surface area (Å²) in [6, 6.07) is 6.88. The Morgan fingerprint density at radius 2 is 2.10 bits per heavy atom. The fourth-order valence-electron chi connectivity index (χ4n) is 2.89. The quantitative estimate of drug-likeness (QED) is 0.310. The number of para-hydroxylation sites is 2. The Morgan fingerprint density at radius 1 is 1.38 bits per heavy atom. The van der Waals surface area contributed by atoms with Crippen molar-refractivity contribution < 1.29 is 18.3 Å². The number of nitrogens with zero attached hydrogens (tertiary/aromatic N) is 3. The van der Waals surface area contributed by atoms with E-state index in [4.69, 9.17) is 0 Å². The zero-order valence-electron chi connectivity index (χ0n) is 17.0. The fourth-order valence-corrected chi connectivity index (χ4v) is 2.89. The lowest BCUT2D eigenvalue weighted by Gasteiger charge is -2.22. The minimum absolute atomic E-state index is 0. The molecule has 0 aromatic heterocycles. The molecule has 0 radical (unpaired) electrons. The van der Waals surface area contributed by atoms with Crippen molar-refractivity contribution in [3.05, 3.63) is 24.3 Å². The molecule has 0 aliphatic carbocycles. The van der Waals surface area contributed by atoms with E-state index in [1.54, 1.807) is 38.4 Å². The molecule has 0 spiro atoms. The van der Waals surface area contributed by atoms with Crippen LogP contribution >= 0.6 is 24.0 Å². The van der Waals surface area contributed by atoms with Crippen molar-refractivity contribution >= 4 is 41.5 Å². The Balaban J connectivity index is 0.00000420. The van der Waals surface area contributed by atoms with Crippen LogP contribution in [-0.2, 0) is 4.79 Å². The number of alkyl halides is 2. The fraction of sp³-hybridized carbons (Fsp3) is 0.579. The van der Waals surface area contributed by atoms with Crippen molar-refractivity contribution in [3.8, 4) is 5.75 Å². The number of carbonyl (C=O) groups is 1. The average molecular weight is 525 g/mol. The van der Waals surface area contributed by atoms with Gasteiger partial charge in [-0.25, -0.2) is 4.99 Å².